The van der Waals surface area contributed by atoms with Crippen molar-refractivity contribution in [3.8, 4) is 17.3 Å². The molecule has 0 unspecified atom stereocenters. The van der Waals surface area contributed by atoms with Crippen LogP contribution in [0, 0.1) is 21.7 Å². The molecule has 3 aromatic rings. The van der Waals surface area contributed by atoms with Gasteiger partial charge in [0.1, 0.15) is 0 Å². The van der Waals surface area contributed by atoms with Gasteiger partial charge in [0.05, 0.1) is 18.8 Å². The van der Waals surface area contributed by atoms with Gasteiger partial charge in [-0.2, -0.15) is 9.99 Å². The van der Waals surface area contributed by atoms with Crippen molar-refractivity contribution in [3.05, 3.63) is 69.2 Å². The van der Waals surface area contributed by atoms with Crippen molar-refractivity contribution in [1.82, 2.24) is 0 Å². The molecule has 0 spiro atoms. The minimum Gasteiger partial charge on any atom is -0.617 e. The Bertz CT molecular complexity index is 1040. The number of rotatable bonds is 2. The Morgan fingerprint density at radius 1 is 1.00 bits per heavy atom. The standard InChI is InChI=1S/C18H12ClN3O4/c19-13-4-1-11(2-5-13)17-16(10-20)21(23)15-9-12(18-25-7-8-26-18)3-6-14(15)22(17)24/h1-6,9,18H,7-8H2. The molecule has 1 aliphatic heterocycles. The van der Waals surface area contributed by atoms with Crippen LogP contribution in [0.1, 0.15) is 17.5 Å². The summed E-state index contributed by atoms with van der Waals surface area (Å²) in [6, 6.07) is 12.9. The van der Waals surface area contributed by atoms with Crippen molar-refractivity contribution in [2.75, 3.05) is 13.2 Å². The van der Waals surface area contributed by atoms with Crippen molar-refractivity contribution in [3.63, 3.8) is 0 Å². The van der Waals surface area contributed by atoms with E-state index in [0.29, 0.717) is 38.8 Å². The lowest BCUT2D eigenvalue weighted by Gasteiger charge is -2.12. The van der Waals surface area contributed by atoms with Gasteiger partial charge in [0.25, 0.3) is 11.0 Å². The second kappa shape index (κ2) is 6.42. The fourth-order valence-corrected chi connectivity index (χ4v) is 3.09. The van der Waals surface area contributed by atoms with E-state index in [1.807, 2.05) is 6.07 Å². The van der Waals surface area contributed by atoms with Crippen LogP contribution in [0.4, 0.5) is 0 Å². The Labute approximate surface area is 153 Å². The highest BCUT2D eigenvalue weighted by Crippen LogP contribution is 2.27. The van der Waals surface area contributed by atoms with Crippen molar-refractivity contribution in [2.45, 2.75) is 6.29 Å². The van der Waals surface area contributed by atoms with Crippen molar-refractivity contribution in [1.29, 1.82) is 5.26 Å². The van der Waals surface area contributed by atoms with Crippen LogP contribution in [0.25, 0.3) is 22.3 Å². The molecule has 0 radical (unpaired) electrons. The Hall–Kier alpha value is -2.92. The molecule has 0 N–H and O–H groups in total. The lowest BCUT2D eigenvalue weighted by atomic mass is 10.1. The van der Waals surface area contributed by atoms with Crippen molar-refractivity contribution < 1.29 is 18.9 Å². The van der Waals surface area contributed by atoms with Crippen LogP contribution in [-0.2, 0) is 9.47 Å². The number of benzene rings is 2. The minimum absolute atomic E-state index is 0.0206. The average molecular weight is 370 g/mol. The summed E-state index contributed by atoms with van der Waals surface area (Å²) in [6.07, 6.45) is -0.582. The third-order valence-electron chi connectivity index (χ3n) is 4.19. The zero-order valence-electron chi connectivity index (χ0n) is 13.4. The van der Waals surface area contributed by atoms with Gasteiger partial charge in [-0.05, 0) is 30.3 Å². The van der Waals surface area contributed by atoms with Gasteiger partial charge < -0.3 is 19.9 Å². The molecule has 1 aromatic heterocycles. The van der Waals surface area contributed by atoms with E-state index in [1.54, 1.807) is 30.3 Å². The fraction of sp³-hybridized carbons (Fsp3) is 0.167. The molecule has 1 fully saturated rings. The molecule has 2 aromatic carbocycles. The number of hydrogen-bond donors (Lipinski definition) is 0. The predicted octanol–water partition coefficient (Wildman–Crippen LogP) is 2.34. The molecular weight excluding hydrogens is 358 g/mol. The largest absolute Gasteiger partial charge is 0.617 e. The van der Waals surface area contributed by atoms with Crippen LogP contribution >= 0.6 is 11.6 Å². The maximum absolute atomic E-state index is 12.9. The zero-order valence-corrected chi connectivity index (χ0v) is 14.1. The number of aromatic nitrogens is 2. The van der Waals surface area contributed by atoms with Crippen molar-refractivity contribution in [2.24, 2.45) is 0 Å². The fourth-order valence-electron chi connectivity index (χ4n) is 2.97. The van der Waals surface area contributed by atoms with E-state index in [9.17, 15) is 15.7 Å². The summed E-state index contributed by atoms with van der Waals surface area (Å²) in [7, 11) is 0. The van der Waals surface area contributed by atoms with Gasteiger partial charge in [-0.15, -0.1) is 4.73 Å². The number of halogens is 1. The topological polar surface area (TPSA) is 96.1 Å². The van der Waals surface area contributed by atoms with Gasteiger partial charge in [-0.25, -0.2) is 0 Å². The highest BCUT2D eigenvalue weighted by Gasteiger charge is 2.31. The second-order valence-electron chi connectivity index (χ2n) is 5.73. The molecule has 130 valence electrons. The smallest absolute Gasteiger partial charge is 0.369 e. The van der Waals surface area contributed by atoms with E-state index in [1.165, 1.54) is 12.1 Å². The Morgan fingerprint density at radius 2 is 1.69 bits per heavy atom. The van der Waals surface area contributed by atoms with E-state index < -0.39 is 6.29 Å². The Morgan fingerprint density at radius 3 is 2.35 bits per heavy atom. The molecule has 26 heavy (non-hydrogen) atoms. The summed E-state index contributed by atoms with van der Waals surface area (Å²) < 4.78 is 11.9. The first-order valence-electron chi connectivity index (χ1n) is 7.82. The molecule has 7 nitrogen and oxygen atoms in total. The number of fused-ring (bicyclic) bond motifs is 1. The van der Waals surface area contributed by atoms with Gasteiger partial charge in [-0.1, -0.05) is 11.6 Å². The minimum atomic E-state index is -0.582. The van der Waals surface area contributed by atoms with Crippen LogP contribution < -0.4 is 9.46 Å². The van der Waals surface area contributed by atoms with Crippen molar-refractivity contribution >= 4 is 22.6 Å². The molecule has 0 amide bonds. The lowest BCUT2D eigenvalue weighted by Crippen LogP contribution is -2.43. The average Bonchev–Trinajstić information content (AvgIpc) is 3.20. The molecule has 1 aliphatic rings. The highest BCUT2D eigenvalue weighted by atomic mass is 35.5. The van der Waals surface area contributed by atoms with Crippen LogP contribution in [0.3, 0.4) is 0 Å². The number of nitrogens with zero attached hydrogens (tertiary/aromatic N) is 3. The first kappa shape index (κ1) is 16.5. The lowest BCUT2D eigenvalue weighted by molar-refractivity contribution is -0.622. The number of hydrogen-bond acceptors (Lipinski definition) is 5. The molecular formula is C18H12ClN3O4. The summed E-state index contributed by atoms with van der Waals surface area (Å²) in [5.74, 6) is 0. The molecule has 4 rings (SSSR count). The third kappa shape index (κ3) is 2.61. The Kier molecular flexibility index (Phi) is 4.09. The summed E-state index contributed by atoms with van der Waals surface area (Å²) in [4.78, 5) is 0. The summed E-state index contributed by atoms with van der Waals surface area (Å²) in [5, 5.41) is 35.6. The Balaban J connectivity index is 1.97. The maximum atomic E-state index is 12.9. The molecule has 0 bridgehead atoms. The molecule has 0 aliphatic carbocycles. The number of nitriles is 1. The van der Waals surface area contributed by atoms with E-state index in [4.69, 9.17) is 21.1 Å². The molecule has 1 saturated heterocycles. The van der Waals surface area contributed by atoms with E-state index in [-0.39, 0.29) is 22.4 Å². The van der Waals surface area contributed by atoms with Crippen LogP contribution in [0.2, 0.25) is 5.02 Å². The van der Waals surface area contributed by atoms with Crippen LogP contribution in [0.15, 0.2) is 42.5 Å². The third-order valence-corrected chi connectivity index (χ3v) is 4.44. The van der Waals surface area contributed by atoms with E-state index >= 15 is 0 Å². The van der Waals surface area contributed by atoms with E-state index in [2.05, 4.69) is 0 Å². The normalized spacial score (nSPS) is 14.6. The monoisotopic (exact) mass is 369 g/mol. The van der Waals surface area contributed by atoms with E-state index in [0.717, 1.165) is 0 Å². The molecule has 0 atom stereocenters. The summed E-state index contributed by atoms with van der Waals surface area (Å²) in [6.45, 7) is 0.918. The predicted molar refractivity (Wildman–Crippen MR) is 91.7 cm³/mol. The van der Waals surface area contributed by atoms with Crippen LogP contribution in [-0.4, -0.2) is 13.2 Å². The van der Waals surface area contributed by atoms with Gasteiger partial charge in [0.2, 0.25) is 0 Å². The first-order chi connectivity index (χ1) is 12.6. The SMILES string of the molecule is N#Cc1c(-c2ccc(Cl)cc2)[n+]([O-])c2ccc(C3OCCO3)cc2[n+]1[O-]. The second-order valence-corrected chi connectivity index (χ2v) is 6.16. The highest BCUT2D eigenvalue weighted by molar-refractivity contribution is 6.30. The summed E-state index contributed by atoms with van der Waals surface area (Å²) >= 11 is 5.88. The van der Waals surface area contributed by atoms with Crippen LogP contribution in [0.5, 0.6) is 0 Å². The molecule has 2 heterocycles. The maximum Gasteiger partial charge on any atom is 0.369 e. The summed E-state index contributed by atoms with van der Waals surface area (Å²) in [5.41, 5.74) is 0.950. The van der Waals surface area contributed by atoms with Gasteiger partial charge in [0.15, 0.2) is 12.4 Å². The molecule has 0 saturated carbocycles. The quantitative estimate of drug-likeness (QED) is 0.510. The molecule has 8 heteroatoms. The zero-order chi connectivity index (χ0) is 18.3. The van der Waals surface area contributed by atoms with Gasteiger partial charge in [0, 0.05) is 22.7 Å². The van der Waals surface area contributed by atoms with Gasteiger partial charge >= 0.3 is 11.4 Å². The first-order valence-corrected chi connectivity index (χ1v) is 8.20. The number of ether oxygens (including phenoxy) is 2. The van der Waals surface area contributed by atoms with Gasteiger partial charge in [-0.3, -0.25) is 0 Å².